The molecule has 0 bridgehead atoms. The number of hydrogen-bond donors (Lipinski definition) is 5. The standard InChI is InChI=1S/C27H27Cl2N9O4/c28-19-7-16-11-37(25(40)14-1-2-15-9-34-36-20(15)8-14)6-4-18(16)23(29)22(19)24(39)35-21(26(41)42)10-32-27(33-13-30)38-5-3-17(31)12-38/h1-2,7-9,17,21H,3-6,10-12,31H2,(H,32,33)(H,34,36)(H,35,39)(H,41,42)/t17-,21-/m0/s1. The molecule has 0 spiro atoms. The summed E-state index contributed by atoms with van der Waals surface area (Å²) in [7, 11) is 0. The number of hydrogen-bond acceptors (Lipinski definition) is 7. The summed E-state index contributed by atoms with van der Waals surface area (Å²) < 4.78 is 0. The number of carbonyl (C=O) groups excluding carboxylic acids is 2. The first-order valence-corrected chi connectivity index (χ1v) is 13.9. The van der Waals surface area contributed by atoms with E-state index in [0.717, 1.165) is 10.9 Å². The molecule has 2 aliphatic heterocycles. The summed E-state index contributed by atoms with van der Waals surface area (Å²) in [6.45, 7) is 1.36. The van der Waals surface area contributed by atoms with Gasteiger partial charge in [-0.25, -0.2) is 4.79 Å². The number of guanidine groups is 1. The number of amides is 2. The van der Waals surface area contributed by atoms with E-state index in [1.807, 2.05) is 6.07 Å². The van der Waals surface area contributed by atoms with Crippen LogP contribution in [-0.4, -0.2) is 87.1 Å². The van der Waals surface area contributed by atoms with Crippen LogP contribution in [0.2, 0.25) is 10.0 Å². The third-order valence-electron chi connectivity index (χ3n) is 7.36. The molecule has 0 aliphatic carbocycles. The number of likely N-dealkylation sites (tertiary alicyclic amines) is 1. The van der Waals surface area contributed by atoms with Crippen LogP contribution in [0.15, 0.2) is 35.5 Å². The molecule has 3 heterocycles. The third kappa shape index (κ3) is 5.96. The number of benzene rings is 2. The van der Waals surface area contributed by atoms with Gasteiger partial charge in [0.2, 0.25) is 12.2 Å². The number of nitrogens with one attached hydrogen (secondary N) is 3. The lowest BCUT2D eigenvalue weighted by Crippen LogP contribution is -2.51. The highest BCUT2D eigenvalue weighted by molar-refractivity contribution is 6.40. The number of fused-ring (bicyclic) bond motifs is 2. The molecule has 0 radical (unpaired) electrons. The molecule has 3 aromatic rings. The van der Waals surface area contributed by atoms with Crippen LogP contribution in [0.3, 0.4) is 0 Å². The Labute approximate surface area is 250 Å². The first kappa shape index (κ1) is 29.1. The highest BCUT2D eigenvalue weighted by Crippen LogP contribution is 2.35. The molecular weight excluding hydrogens is 585 g/mol. The van der Waals surface area contributed by atoms with Gasteiger partial charge in [-0.05, 0) is 42.2 Å². The Balaban J connectivity index is 1.29. The number of halogens is 2. The number of aromatic nitrogens is 2. The Morgan fingerprint density at radius 1 is 1.26 bits per heavy atom. The van der Waals surface area contributed by atoms with Crippen LogP contribution in [0, 0.1) is 11.5 Å². The summed E-state index contributed by atoms with van der Waals surface area (Å²) >= 11 is 13.2. The number of carbonyl (C=O) groups is 3. The molecule has 1 aromatic heterocycles. The van der Waals surface area contributed by atoms with Crippen LogP contribution in [0.1, 0.15) is 38.3 Å². The van der Waals surface area contributed by atoms with Gasteiger partial charge in [0.25, 0.3) is 11.8 Å². The molecule has 6 N–H and O–H groups in total. The van der Waals surface area contributed by atoms with Gasteiger partial charge < -0.3 is 31.3 Å². The first-order chi connectivity index (χ1) is 20.2. The number of aromatic amines is 1. The van der Waals surface area contributed by atoms with E-state index in [1.54, 1.807) is 40.4 Å². The highest BCUT2D eigenvalue weighted by atomic mass is 35.5. The number of nitrogens with zero attached hydrogens (tertiary/aromatic N) is 5. The lowest BCUT2D eigenvalue weighted by Gasteiger charge is -2.30. The monoisotopic (exact) mass is 611 g/mol. The summed E-state index contributed by atoms with van der Waals surface area (Å²) in [5, 5.41) is 32.0. The average molecular weight is 612 g/mol. The van der Waals surface area contributed by atoms with E-state index >= 15 is 0 Å². The second-order valence-electron chi connectivity index (χ2n) is 10.1. The Morgan fingerprint density at radius 2 is 2.07 bits per heavy atom. The molecule has 1 saturated heterocycles. The van der Waals surface area contributed by atoms with Crippen LogP contribution >= 0.6 is 23.2 Å². The van der Waals surface area contributed by atoms with E-state index in [1.165, 1.54) is 0 Å². The normalized spacial score (nSPS) is 17.5. The number of carboxylic acids is 1. The van der Waals surface area contributed by atoms with Crippen LogP contribution in [0.5, 0.6) is 0 Å². The minimum Gasteiger partial charge on any atom is -0.480 e. The zero-order chi connectivity index (χ0) is 30.0. The summed E-state index contributed by atoms with van der Waals surface area (Å²) in [6.07, 6.45) is 4.45. The SMILES string of the molecule is N#C/N=C(\NC[C@H](NC(=O)c1c(Cl)cc2c(c1Cl)CCN(C(=O)c1ccc3cn[nH]c3c1)C2)C(=O)O)N1CC[C@H](N)C1. The van der Waals surface area contributed by atoms with Crippen LogP contribution in [0.4, 0.5) is 0 Å². The van der Waals surface area contributed by atoms with Crippen LogP contribution < -0.4 is 16.4 Å². The number of H-pyrrole nitrogens is 1. The minimum atomic E-state index is -1.39. The van der Waals surface area contributed by atoms with Crippen molar-refractivity contribution >= 4 is 57.8 Å². The van der Waals surface area contributed by atoms with Crippen molar-refractivity contribution in [3.05, 3.63) is 62.8 Å². The maximum atomic E-state index is 13.2. The maximum absolute atomic E-state index is 13.2. The zero-order valence-electron chi connectivity index (χ0n) is 22.2. The lowest BCUT2D eigenvalue weighted by molar-refractivity contribution is -0.139. The fourth-order valence-electron chi connectivity index (χ4n) is 5.16. The number of rotatable bonds is 6. The van der Waals surface area contributed by atoms with Crippen molar-refractivity contribution in [3.8, 4) is 6.19 Å². The van der Waals surface area contributed by atoms with Gasteiger partial charge in [-0.1, -0.05) is 29.3 Å². The summed E-state index contributed by atoms with van der Waals surface area (Å²) in [6, 6.07) is 5.42. The molecule has 1 fully saturated rings. The van der Waals surface area contributed by atoms with Crippen molar-refractivity contribution < 1.29 is 19.5 Å². The molecule has 42 heavy (non-hydrogen) atoms. The van der Waals surface area contributed by atoms with Gasteiger partial charge in [-0.2, -0.15) is 10.4 Å². The first-order valence-electron chi connectivity index (χ1n) is 13.1. The van der Waals surface area contributed by atoms with E-state index in [0.29, 0.717) is 49.2 Å². The molecule has 2 aromatic carbocycles. The smallest absolute Gasteiger partial charge is 0.328 e. The van der Waals surface area contributed by atoms with E-state index in [4.69, 9.17) is 34.2 Å². The Bertz CT molecular complexity index is 1630. The second-order valence-corrected chi connectivity index (χ2v) is 10.9. The van der Waals surface area contributed by atoms with Gasteiger partial charge in [-0.3, -0.25) is 14.7 Å². The van der Waals surface area contributed by atoms with Gasteiger partial charge in [-0.15, -0.1) is 4.99 Å². The number of carboxylic acid groups (broad SMARTS) is 1. The number of nitrogens with two attached hydrogens (primary N) is 1. The minimum absolute atomic E-state index is 0.0271. The molecule has 0 saturated carbocycles. The third-order valence-corrected chi connectivity index (χ3v) is 8.07. The van der Waals surface area contributed by atoms with Crippen LogP contribution in [-0.2, 0) is 17.8 Å². The van der Waals surface area contributed by atoms with Crippen molar-refractivity contribution in [2.75, 3.05) is 26.2 Å². The molecule has 5 rings (SSSR count). The highest BCUT2D eigenvalue weighted by Gasteiger charge is 2.30. The van der Waals surface area contributed by atoms with Gasteiger partial charge in [0.15, 0.2) is 0 Å². The largest absolute Gasteiger partial charge is 0.480 e. The Morgan fingerprint density at radius 3 is 2.79 bits per heavy atom. The van der Waals surface area contributed by atoms with Gasteiger partial charge in [0.05, 0.1) is 27.3 Å². The summed E-state index contributed by atoms with van der Waals surface area (Å²) in [5.41, 5.74) is 8.50. The van der Waals surface area contributed by atoms with Crippen LogP contribution in [0.25, 0.3) is 10.9 Å². The molecule has 2 aliphatic rings. The quantitative estimate of drug-likeness (QED) is 0.157. The van der Waals surface area contributed by atoms with Crippen molar-refractivity contribution in [1.82, 2.24) is 30.6 Å². The lowest BCUT2D eigenvalue weighted by atomic mass is 9.96. The van der Waals surface area contributed by atoms with Crippen molar-refractivity contribution in [3.63, 3.8) is 0 Å². The van der Waals surface area contributed by atoms with E-state index in [-0.39, 0.29) is 46.6 Å². The van der Waals surface area contributed by atoms with Gasteiger partial charge >= 0.3 is 5.97 Å². The predicted molar refractivity (Wildman–Crippen MR) is 155 cm³/mol. The molecule has 15 heteroatoms. The fraction of sp³-hybridized carbons (Fsp3) is 0.333. The Kier molecular flexibility index (Phi) is 8.49. The van der Waals surface area contributed by atoms with Crippen molar-refractivity contribution in [1.29, 1.82) is 5.26 Å². The predicted octanol–water partition coefficient (Wildman–Crippen LogP) is 1.71. The zero-order valence-corrected chi connectivity index (χ0v) is 23.7. The molecule has 13 nitrogen and oxygen atoms in total. The Hall–Kier alpha value is -4.38. The van der Waals surface area contributed by atoms with Gasteiger partial charge in [0.1, 0.15) is 6.04 Å². The molecule has 218 valence electrons. The molecule has 0 unspecified atom stereocenters. The second kappa shape index (κ2) is 12.2. The van der Waals surface area contributed by atoms with Crippen molar-refractivity contribution in [2.24, 2.45) is 10.7 Å². The fourth-order valence-corrected chi connectivity index (χ4v) is 5.92. The molecule has 2 amide bonds. The number of aliphatic imine (C=N–C) groups is 1. The van der Waals surface area contributed by atoms with E-state index in [9.17, 15) is 19.5 Å². The molecular formula is C27H27Cl2N9O4. The molecule has 2 atom stereocenters. The topological polar surface area (TPSA) is 193 Å². The number of nitriles is 1. The van der Waals surface area contributed by atoms with Gasteiger partial charge in [0, 0.05) is 49.7 Å². The summed E-state index contributed by atoms with van der Waals surface area (Å²) in [4.78, 5) is 45.6. The maximum Gasteiger partial charge on any atom is 0.328 e. The van der Waals surface area contributed by atoms with Crippen molar-refractivity contribution in [2.45, 2.75) is 31.5 Å². The summed E-state index contributed by atoms with van der Waals surface area (Å²) in [5.74, 6) is -2.06. The van der Waals surface area contributed by atoms with E-state index < -0.39 is 17.9 Å². The van der Waals surface area contributed by atoms with E-state index in [2.05, 4.69) is 25.8 Å². The average Bonchev–Trinajstić information content (AvgIpc) is 3.62. The number of aliphatic carboxylic acids is 1.